The van der Waals surface area contributed by atoms with Gasteiger partial charge in [-0.25, -0.2) is 0 Å². The lowest BCUT2D eigenvalue weighted by molar-refractivity contribution is 0.315. The van der Waals surface area contributed by atoms with E-state index in [0.717, 1.165) is 18.0 Å². The lowest BCUT2D eigenvalue weighted by atomic mass is 10.0. The second-order valence-corrected chi connectivity index (χ2v) is 5.94. The SMILES string of the molecule is CCCC1CCN(Cc2cc(C#CCO)cs2)C1. The summed E-state index contributed by atoms with van der Waals surface area (Å²) in [4.78, 5) is 3.93. The van der Waals surface area contributed by atoms with Crippen LogP contribution < -0.4 is 0 Å². The zero-order valence-electron chi connectivity index (χ0n) is 11.0. The summed E-state index contributed by atoms with van der Waals surface area (Å²) in [5.41, 5.74) is 1.04. The fourth-order valence-corrected chi connectivity index (χ4v) is 3.45. The molecule has 0 amide bonds. The lowest BCUT2D eigenvalue weighted by Gasteiger charge is -2.14. The molecular formula is C15H21NOS. The standard InChI is InChI=1S/C15H21NOS/c1-2-4-13-6-7-16(10-13)11-15-9-14(12-18-15)5-3-8-17/h9,12-13,17H,2,4,6-8,10-11H2,1H3. The Kier molecular flexibility index (Phi) is 5.25. The monoisotopic (exact) mass is 263 g/mol. The van der Waals surface area contributed by atoms with Gasteiger partial charge in [0.2, 0.25) is 0 Å². The van der Waals surface area contributed by atoms with Crippen molar-refractivity contribution >= 4 is 11.3 Å². The van der Waals surface area contributed by atoms with E-state index >= 15 is 0 Å². The molecule has 1 aliphatic rings. The molecule has 0 bridgehead atoms. The van der Waals surface area contributed by atoms with Gasteiger partial charge in [0.25, 0.3) is 0 Å². The molecule has 98 valence electrons. The summed E-state index contributed by atoms with van der Waals surface area (Å²) < 4.78 is 0. The Labute approximate surface area is 114 Å². The van der Waals surface area contributed by atoms with Crippen molar-refractivity contribution < 1.29 is 5.11 Å². The van der Waals surface area contributed by atoms with Crippen molar-refractivity contribution in [2.75, 3.05) is 19.7 Å². The summed E-state index contributed by atoms with van der Waals surface area (Å²) >= 11 is 1.78. The zero-order valence-corrected chi connectivity index (χ0v) is 11.8. The summed E-state index contributed by atoms with van der Waals surface area (Å²) in [7, 11) is 0. The third-order valence-electron chi connectivity index (χ3n) is 3.41. The molecule has 1 aliphatic heterocycles. The maximum absolute atomic E-state index is 8.67. The number of aliphatic hydroxyl groups is 1. The maximum Gasteiger partial charge on any atom is 0.104 e. The number of hydrogen-bond donors (Lipinski definition) is 1. The molecule has 3 heteroatoms. The average molecular weight is 263 g/mol. The van der Waals surface area contributed by atoms with Crippen LogP contribution in [-0.2, 0) is 6.54 Å². The van der Waals surface area contributed by atoms with Crippen molar-refractivity contribution in [2.45, 2.75) is 32.7 Å². The zero-order chi connectivity index (χ0) is 12.8. The summed E-state index contributed by atoms with van der Waals surface area (Å²) in [6.07, 6.45) is 4.03. The maximum atomic E-state index is 8.67. The number of rotatable bonds is 4. The Morgan fingerprint density at radius 3 is 3.22 bits per heavy atom. The van der Waals surface area contributed by atoms with Crippen LogP contribution in [0.5, 0.6) is 0 Å². The highest BCUT2D eigenvalue weighted by molar-refractivity contribution is 7.10. The van der Waals surface area contributed by atoms with Gasteiger partial charge in [0.1, 0.15) is 6.61 Å². The number of likely N-dealkylation sites (tertiary alicyclic amines) is 1. The van der Waals surface area contributed by atoms with Gasteiger partial charge in [-0.2, -0.15) is 0 Å². The van der Waals surface area contributed by atoms with E-state index in [1.807, 2.05) is 0 Å². The van der Waals surface area contributed by atoms with Gasteiger partial charge >= 0.3 is 0 Å². The lowest BCUT2D eigenvalue weighted by Crippen LogP contribution is -2.19. The van der Waals surface area contributed by atoms with Crippen LogP contribution in [0.2, 0.25) is 0 Å². The van der Waals surface area contributed by atoms with E-state index in [4.69, 9.17) is 5.11 Å². The number of thiophene rings is 1. The third-order valence-corrected chi connectivity index (χ3v) is 4.33. The Balaban J connectivity index is 1.85. The largest absolute Gasteiger partial charge is 0.384 e. The van der Waals surface area contributed by atoms with E-state index in [2.05, 4.69) is 35.1 Å². The van der Waals surface area contributed by atoms with Crippen LogP contribution in [0.4, 0.5) is 0 Å². The van der Waals surface area contributed by atoms with E-state index < -0.39 is 0 Å². The third kappa shape index (κ3) is 3.84. The molecule has 1 N–H and O–H groups in total. The molecule has 0 aromatic carbocycles. The van der Waals surface area contributed by atoms with Crippen LogP contribution in [0.25, 0.3) is 0 Å². The van der Waals surface area contributed by atoms with Gasteiger partial charge in [-0.15, -0.1) is 11.3 Å². The van der Waals surface area contributed by atoms with E-state index in [1.165, 1.54) is 37.2 Å². The first-order valence-corrected chi connectivity index (χ1v) is 7.59. The second kappa shape index (κ2) is 6.94. The van der Waals surface area contributed by atoms with Crippen molar-refractivity contribution in [3.05, 3.63) is 21.9 Å². The molecule has 2 nitrogen and oxygen atoms in total. The predicted molar refractivity (Wildman–Crippen MR) is 76.6 cm³/mol. The van der Waals surface area contributed by atoms with E-state index in [-0.39, 0.29) is 6.61 Å². The van der Waals surface area contributed by atoms with Crippen molar-refractivity contribution in [2.24, 2.45) is 5.92 Å². The molecule has 0 aliphatic carbocycles. The molecule has 1 atom stereocenters. The van der Waals surface area contributed by atoms with Crippen molar-refractivity contribution in [3.63, 3.8) is 0 Å². The predicted octanol–water partition coefficient (Wildman–Crippen LogP) is 2.71. The minimum atomic E-state index is -0.0595. The highest BCUT2D eigenvalue weighted by Crippen LogP contribution is 2.24. The summed E-state index contributed by atoms with van der Waals surface area (Å²) in [5, 5.41) is 10.7. The molecule has 0 spiro atoms. The van der Waals surface area contributed by atoms with Crippen LogP contribution in [0.3, 0.4) is 0 Å². The van der Waals surface area contributed by atoms with Gasteiger partial charge in [0.15, 0.2) is 0 Å². The van der Waals surface area contributed by atoms with Gasteiger partial charge in [0.05, 0.1) is 0 Å². The number of hydrogen-bond acceptors (Lipinski definition) is 3. The Morgan fingerprint density at radius 2 is 2.44 bits per heavy atom. The van der Waals surface area contributed by atoms with Gasteiger partial charge in [-0.1, -0.05) is 25.2 Å². The highest BCUT2D eigenvalue weighted by Gasteiger charge is 2.21. The Morgan fingerprint density at radius 1 is 1.56 bits per heavy atom. The summed E-state index contributed by atoms with van der Waals surface area (Å²) in [6, 6.07) is 2.15. The molecular weight excluding hydrogens is 242 g/mol. The van der Waals surface area contributed by atoms with Crippen LogP contribution in [0.1, 0.15) is 36.6 Å². The van der Waals surface area contributed by atoms with Crippen molar-refractivity contribution in [1.29, 1.82) is 0 Å². The molecule has 1 fully saturated rings. The molecule has 0 radical (unpaired) electrons. The van der Waals surface area contributed by atoms with Gasteiger partial charge in [-0.3, -0.25) is 4.90 Å². The Hall–Kier alpha value is -0.820. The highest BCUT2D eigenvalue weighted by atomic mass is 32.1. The molecule has 1 saturated heterocycles. The molecule has 1 aromatic heterocycles. The quantitative estimate of drug-likeness (QED) is 0.844. The molecule has 1 aromatic rings. The molecule has 1 unspecified atom stereocenters. The van der Waals surface area contributed by atoms with Crippen molar-refractivity contribution in [1.82, 2.24) is 4.90 Å². The van der Waals surface area contributed by atoms with Crippen molar-refractivity contribution in [3.8, 4) is 11.8 Å². The minimum absolute atomic E-state index is 0.0595. The first-order valence-electron chi connectivity index (χ1n) is 6.71. The van der Waals surface area contributed by atoms with E-state index in [1.54, 1.807) is 11.3 Å². The first kappa shape index (κ1) is 13.6. The Bertz CT molecular complexity index is 429. The summed E-state index contributed by atoms with van der Waals surface area (Å²) in [5.74, 6) is 6.56. The average Bonchev–Trinajstić information content (AvgIpc) is 2.98. The molecule has 18 heavy (non-hydrogen) atoms. The van der Waals surface area contributed by atoms with Crippen LogP contribution >= 0.6 is 11.3 Å². The van der Waals surface area contributed by atoms with Crippen LogP contribution in [0.15, 0.2) is 11.4 Å². The topological polar surface area (TPSA) is 23.5 Å². The fourth-order valence-electron chi connectivity index (χ4n) is 2.59. The second-order valence-electron chi connectivity index (χ2n) is 4.94. The van der Waals surface area contributed by atoms with Crippen LogP contribution in [-0.4, -0.2) is 29.7 Å². The normalized spacial score (nSPS) is 19.8. The minimum Gasteiger partial charge on any atom is -0.384 e. The van der Waals surface area contributed by atoms with Gasteiger partial charge in [0, 0.05) is 28.9 Å². The summed E-state index contributed by atoms with van der Waals surface area (Å²) in [6.45, 7) is 5.76. The number of nitrogens with zero attached hydrogens (tertiary/aromatic N) is 1. The smallest absolute Gasteiger partial charge is 0.104 e. The van der Waals surface area contributed by atoms with Gasteiger partial charge < -0.3 is 5.11 Å². The van der Waals surface area contributed by atoms with E-state index in [9.17, 15) is 0 Å². The first-order chi connectivity index (χ1) is 8.81. The molecule has 2 heterocycles. The molecule has 2 rings (SSSR count). The fraction of sp³-hybridized carbons (Fsp3) is 0.600. The number of aliphatic hydroxyl groups excluding tert-OH is 1. The van der Waals surface area contributed by atoms with Crippen LogP contribution in [0, 0.1) is 17.8 Å². The van der Waals surface area contributed by atoms with E-state index in [0.29, 0.717) is 0 Å². The molecule has 0 saturated carbocycles. The van der Waals surface area contributed by atoms with Gasteiger partial charge in [-0.05, 0) is 31.4 Å².